The molecule has 3 nitrogen and oxygen atoms in total. The summed E-state index contributed by atoms with van der Waals surface area (Å²) in [4.78, 5) is 13.0. The van der Waals surface area contributed by atoms with Crippen molar-refractivity contribution in [2.45, 2.75) is 0 Å². The first-order chi connectivity index (χ1) is 8.65. The molecule has 0 aliphatic rings. The van der Waals surface area contributed by atoms with Crippen LogP contribution in [0.5, 0.6) is 11.5 Å². The summed E-state index contributed by atoms with van der Waals surface area (Å²) in [5, 5.41) is 1.81. The molecule has 0 saturated carbocycles. The van der Waals surface area contributed by atoms with Gasteiger partial charge in [0, 0.05) is 15.0 Å². The van der Waals surface area contributed by atoms with Gasteiger partial charge in [-0.1, -0.05) is 0 Å². The Morgan fingerprint density at radius 1 is 1.22 bits per heavy atom. The summed E-state index contributed by atoms with van der Waals surface area (Å²) < 4.78 is 11.3. The zero-order chi connectivity index (χ0) is 13.1. The van der Waals surface area contributed by atoms with Gasteiger partial charge >= 0.3 is 0 Å². The van der Waals surface area contributed by atoms with Crippen molar-refractivity contribution in [2.24, 2.45) is 0 Å². The van der Waals surface area contributed by atoms with E-state index >= 15 is 0 Å². The zero-order valence-electron chi connectivity index (χ0n) is 9.90. The molecule has 0 amide bonds. The summed E-state index contributed by atoms with van der Waals surface area (Å²) in [5.41, 5.74) is 0.578. The molecule has 2 rings (SSSR count). The van der Waals surface area contributed by atoms with Gasteiger partial charge in [0.2, 0.25) is 5.78 Å². The quantitative estimate of drug-likeness (QED) is 0.606. The Kier molecular flexibility index (Phi) is 4.23. The number of benzene rings is 1. The molecule has 0 bridgehead atoms. The van der Waals surface area contributed by atoms with Gasteiger partial charge in [-0.2, -0.15) is 0 Å². The lowest BCUT2D eigenvalue weighted by atomic mass is 10.1. The van der Waals surface area contributed by atoms with Crippen LogP contribution in [-0.4, -0.2) is 20.0 Å². The number of carbonyl (C=O) groups is 1. The topological polar surface area (TPSA) is 35.5 Å². The molecular weight excluding hydrogens is 363 g/mol. The summed E-state index contributed by atoms with van der Waals surface area (Å²) in [6.07, 6.45) is 0. The van der Waals surface area contributed by atoms with Crippen LogP contribution in [0.15, 0.2) is 29.6 Å². The number of rotatable bonds is 4. The van der Waals surface area contributed by atoms with Gasteiger partial charge in [0.25, 0.3) is 0 Å². The van der Waals surface area contributed by atoms with E-state index in [9.17, 15) is 4.79 Å². The number of carbonyl (C=O) groups excluding carboxylic acids is 1. The van der Waals surface area contributed by atoms with Crippen molar-refractivity contribution in [2.75, 3.05) is 14.2 Å². The first-order valence-corrected chi connectivity index (χ1v) is 7.12. The zero-order valence-corrected chi connectivity index (χ0v) is 12.9. The molecule has 1 heterocycles. The van der Waals surface area contributed by atoms with Gasteiger partial charge in [-0.25, -0.2) is 0 Å². The molecule has 18 heavy (non-hydrogen) atoms. The second kappa shape index (κ2) is 5.71. The maximum Gasteiger partial charge on any atom is 0.206 e. The molecule has 2 aromatic rings. The Bertz CT molecular complexity index is 577. The molecule has 0 saturated heterocycles. The number of hydrogen-bond donors (Lipinski definition) is 0. The fraction of sp³-hybridized carbons (Fsp3) is 0.154. The van der Waals surface area contributed by atoms with Crippen LogP contribution in [0.2, 0.25) is 0 Å². The molecule has 0 aliphatic heterocycles. The highest BCUT2D eigenvalue weighted by Gasteiger charge is 2.17. The fourth-order valence-electron chi connectivity index (χ4n) is 1.54. The van der Waals surface area contributed by atoms with Crippen LogP contribution in [0.3, 0.4) is 0 Å². The third kappa shape index (κ3) is 2.67. The molecule has 1 aromatic carbocycles. The minimum absolute atomic E-state index is 0.0429. The summed E-state index contributed by atoms with van der Waals surface area (Å²) >= 11 is 3.54. The minimum atomic E-state index is -0.0429. The Morgan fingerprint density at radius 2 is 2.00 bits per heavy atom. The fourth-order valence-corrected chi connectivity index (χ4v) is 2.84. The maximum atomic E-state index is 12.4. The minimum Gasteiger partial charge on any atom is -0.496 e. The van der Waals surface area contributed by atoms with E-state index in [-0.39, 0.29) is 5.78 Å². The second-order valence-corrected chi connectivity index (χ2v) is 5.68. The molecule has 0 fully saturated rings. The summed E-state index contributed by atoms with van der Waals surface area (Å²) in [6, 6.07) is 7.28. The number of hydrogen-bond acceptors (Lipinski definition) is 4. The molecular formula is C13H11IO3S. The molecule has 5 heteroatoms. The van der Waals surface area contributed by atoms with Crippen LogP contribution in [0.25, 0.3) is 0 Å². The normalized spacial score (nSPS) is 10.2. The molecule has 0 aliphatic carbocycles. The van der Waals surface area contributed by atoms with Crippen LogP contribution in [0, 0.1) is 3.57 Å². The van der Waals surface area contributed by atoms with Crippen LogP contribution < -0.4 is 9.47 Å². The lowest BCUT2D eigenvalue weighted by Crippen LogP contribution is -2.02. The van der Waals surface area contributed by atoms with Gasteiger partial charge in [0.15, 0.2) is 0 Å². The predicted molar refractivity (Wildman–Crippen MR) is 80.0 cm³/mol. The largest absolute Gasteiger partial charge is 0.496 e. The molecule has 1 aromatic heterocycles. The number of halogens is 1. The summed E-state index contributed by atoms with van der Waals surface area (Å²) in [5.74, 6) is 1.25. The van der Waals surface area contributed by atoms with Crippen LogP contribution in [-0.2, 0) is 0 Å². The maximum absolute atomic E-state index is 12.4. The SMILES string of the molecule is COc1csc(C(=O)c2cc(I)ccc2OC)c1. The average Bonchev–Trinajstić information content (AvgIpc) is 2.86. The molecule has 0 radical (unpaired) electrons. The van der Waals surface area contributed by atoms with E-state index < -0.39 is 0 Å². The van der Waals surface area contributed by atoms with Crippen molar-refractivity contribution in [1.29, 1.82) is 0 Å². The Labute approximate surface area is 123 Å². The van der Waals surface area contributed by atoms with Gasteiger partial charge < -0.3 is 9.47 Å². The van der Waals surface area contributed by atoms with Gasteiger partial charge in [-0.3, -0.25) is 4.79 Å². The van der Waals surface area contributed by atoms with Crippen molar-refractivity contribution < 1.29 is 14.3 Å². The Balaban J connectivity index is 2.41. The Morgan fingerprint density at radius 3 is 2.61 bits per heavy atom. The smallest absolute Gasteiger partial charge is 0.206 e. The second-order valence-electron chi connectivity index (χ2n) is 3.52. The highest BCUT2D eigenvalue weighted by Crippen LogP contribution is 2.28. The van der Waals surface area contributed by atoms with Gasteiger partial charge in [-0.15, -0.1) is 11.3 Å². The van der Waals surface area contributed by atoms with E-state index in [2.05, 4.69) is 22.6 Å². The Hall–Kier alpha value is -1.08. The third-order valence-corrected chi connectivity index (χ3v) is 4.02. The third-order valence-electron chi connectivity index (χ3n) is 2.44. The predicted octanol–water partition coefficient (Wildman–Crippen LogP) is 3.60. The molecule has 0 unspecified atom stereocenters. The van der Waals surface area contributed by atoms with E-state index in [4.69, 9.17) is 9.47 Å². The lowest BCUT2D eigenvalue weighted by Gasteiger charge is -2.06. The van der Waals surface area contributed by atoms with Gasteiger partial charge in [0.05, 0.1) is 24.7 Å². The van der Waals surface area contributed by atoms with Crippen molar-refractivity contribution in [3.63, 3.8) is 0 Å². The summed E-state index contributed by atoms with van der Waals surface area (Å²) in [6.45, 7) is 0. The van der Waals surface area contributed by atoms with E-state index in [1.54, 1.807) is 26.4 Å². The van der Waals surface area contributed by atoms with Crippen molar-refractivity contribution in [3.8, 4) is 11.5 Å². The van der Waals surface area contributed by atoms with Crippen LogP contribution in [0.4, 0.5) is 0 Å². The standard InChI is InChI=1S/C13H11IO3S/c1-16-9-6-12(18-7-9)13(15)10-5-8(14)3-4-11(10)17-2/h3-7H,1-2H3. The molecule has 0 N–H and O–H groups in total. The lowest BCUT2D eigenvalue weighted by molar-refractivity contribution is 0.103. The first kappa shape index (κ1) is 13.4. The van der Waals surface area contributed by atoms with E-state index in [0.717, 1.165) is 3.57 Å². The average molecular weight is 374 g/mol. The molecule has 0 atom stereocenters. The van der Waals surface area contributed by atoms with E-state index in [1.807, 2.05) is 17.5 Å². The number of methoxy groups -OCH3 is 2. The number of ether oxygens (including phenoxy) is 2. The highest BCUT2D eigenvalue weighted by molar-refractivity contribution is 14.1. The number of ketones is 1. The first-order valence-electron chi connectivity index (χ1n) is 5.16. The highest BCUT2D eigenvalue weighted by atomic mass is 127. The molecule has 0 spiro atoms. The van der Waals surface area contributed by atoms with Crippen molar-refractivity contribution in [3.05, 3.63) is 43.7 Å². The van der Waals surface area contributed by atoms with Crippen LogP contribution in [0.1, 0.15) is 15.2 Å². The monoisotopic (exact) mass is 374 g/mol. The van der Waals surface area contributed by atoms with Crippen molar-refractivity contribution in [1.82, 2.24) is 0 Å². The molecule has 94 valence electrons. The van der Waals surface area contributed by atoms with E-state index in [1.165, 1.54) is 11.3 Å². The van der Waals surface area contributed by atoms with Crippen molar-refractivity contribution >= 4 is 39.7 Å². The van der Waals surface area contributed by atoms with Gasteiger partial charge in [0.1, 0.15) is 11.5 Å². The summed E-state index contributed by atoms with van der Waals surface area (Å²) in [7, 11) is 3.15. The van der Waals surface area contributed by atoms with E-state index in [0.29, 0.717) is 21.9 Å². The van der Waals surface area contributed by atoms with Crippen LogP contribution >= 0.6 is 33.9 Å². The van der Waals surface area contributed by atoms with Gasteiger partial charge in [-0.05, 0) is 40.8 Å². The number of thiophene rings is 1.